The number of carbonyl (C=O) groups is 2. The van der Waals surface area contributed by atoms with E-state index in [2.05, 4.69) is 27.3 Å². The summed E-state index contributed by atoms with van der Waals surface area (Å²) in [7, 11) is 0. The number of hydrogen-bond donors (Lipinski definition) is 2. The lowest BCUT2D eigenvalue weighted by molar-refractivity contribution is 0.0731. The van der Waals surface area contributed by atoms with E-state index < -0.39 is 0 Å². The molecule has 2 N–H and O–H groups in total. The van der Waals surface area contributed by atoms with Crippen LogP contribution in [-0.2, 0) is 13.0 Å². The highest BCUT2D eigenvalue weighted by Crippen LogP contribution is 2.55. The summed E-state index contributed by atoms with van der Waals surface area (Å²) in [5, 5.41) is 11.3. The highest BCUT2D eigenvalue weighted by Gasteiger charge is 2.49. The number of aromatic amines is 1. The van der Waals surface area contributed by atoms with Gasteiger partial charge in [0.15, 0.2) is 5.69 Å². The maximum atomic E-state index is 13.0. The molecule has 2 saturated carbocycles. The molecule has 1 aromatic heterocycles. The summed E-state index contributed by atoms with van der Waals surface area (Å²) in [6.07, 6.45) is 5.70. The Hall–Kier alpha value is -1.99. The van der Waals surface area contributed by atoms with Gasteiger partial charge in [-0.2, -0.15) is 5.10 Å². The van der Waals surface area contributed by atoms with E-state index in [1.165, 1.54) is 25.7 Å². The van der Waals surface area contributed by atoms with Crippen molar-refractivity contribution in [3.63, 3.8) is 0 Å². The summed E-state index contributed by atoms with van der Waals surface area (Å²) < 4.78 is 0.271. The molecule has 5 rings (SSSR count). The number of hydrogen-bond acceptors (Lipinski definition) is 4. The summed E-state index contributed by atoms with van der Waals surface area (Å²) in [5.74, 6) is -0.292. The van der Waals surface area contributed by atoms with Gasteiger partial charge in [-0.3, -0.25) is 14.7 Å². The van der Waals surface area contributed by atoms with Crippen molar-refractivity contribution in [2.45, 2.75) is 48.6 Å². The zero-order valence-corrected chi connectivity index (χ0v) is 17.6. The minimum absolute atomic E-state index is 0.0295. The molecule has 2 fully saturated rings. The van der Waals surface area contributed by atoms with Crippen molar-refractivity contribution in [1.29, 1.82) is 0 Å². The van der Waals surface area contributed by atoms with Crippen molar-refractivity contribution in [2.24, 2.45) is 0 Å². The van der Waals surface area contributed by atoms with Crippen LogP contribution in [0.15, 0.2) is 24.3 Å². The number of benzene rings is 1. The van der Waals surface area contributed by atoms with E-state index in [0.29, 0.717) is 35.9 Å². The lowest BCUT2D eigenvalue weighted by Gasteiger charge is -2.30. The molecule has 8 heteroatoms. The summed E-state index contributed by atoms with van der Waals surface area (Å²) in [4.78, 5) is 27.5. The smallest absolute Gasteiger partial charge is 0.272 e. The van der Waals surface area contributed by atoms with Gasteiger partial charge in [0.2, 0.25) is 0 Å². The second-order valence-electron chi connectivity index (χ2n) is 8.21. The summed E-state index contributed by atoms with van der Waals surface area (Å²) in [5.41, 5.74) is 2.49. The van der Waals surface area contributed by atoms with Gasteiger partial charge < -0.3 is 10.2 Å². The molecule has 0 saturated heterocycles. The minimum Gasteiger partial charge on any atom is -0.347 e. The number of halogens is 1. The normalized spacial score (nSPS) is 19.8. The maximum absolute atomic E-state index is 13.0. The van der Waals surface area contributed by atoms with Crippen molar-refractivity contribution >= 4 is 35.2 Å². The van der Waals surface area contributed by atoms with Gasteiger partial charge in [0.1, 0.15) is 5.69 Å². The lowest BCUT2D eigenvalue weighted by Crippen LogP contribution is -2.42. The average molecular weight is 431 g/mol. The first-order valence-corrected chi connectivity index (χ1v) is 11.4. The van der Waals surface area contributed by atoms with Crippen molar-refractivity contribution < 1.29 is 9.59 Å². The Morgan fingerprint density at radius 1 is 1.31 bits per heavy atom. The third kappa shape index (κ3) is 4.03. The van der Waals surface area contributed by atoms with E-state index in [0.717, 1.165) is 22.9 Å². The van der Waals surface area contributed by atoms with E-state index >= 15 is 0 Å². The van der Waals surface area contributed by atoms with E-state index in [-0.39, 0.29) is 16.6 Å². The standard InChI is InChI=1S/C21H23ClN4O2S/c22-14-3-1-13(2-4-14)11-23-19(27)17-16-7-10-26(20(28)18(16)25-24-17)12-21(8-9-21)29-15-5-6-15/h1-4,15H,5-12H2,(H,23,27)(H,24,25). The first kappa shape index (κ1) is 19.0. The van der Waals surface area contributed by atoms with Crippen LogP contribution < -0.4 is 5.32 Å². The Kier molecular flexibility index (Phi) is 4.82. The monoisotopic (exact) mass is 430 g/mol. The van der Waals surface area contributed by atoms with Crippen LogP contribution in [0.5, 0.6) is 0 Å². The van der Waals surface area contributed by atoms with Gasteiger partial charge in [-0.15, -0.1) is 11.8 Å². The van der Waals surface area contributed by atoms with E-state index in [4.69, 9.17) is 11.6 Å². The zero-order chi connectivity index (χ0) is 20.0. The van der Waals surface area contributed by atoms with Crippen molar-refractivity contribution in [1.82, 2.24) is 20.4 Å². The Bertz CT molecular complexity index is 950. The second kappa shape index (κ2) is 7.36. The first-order valence-electron chi connectivity index (χ1n) is 10.1. The molecule has 152 valence electrons. The third-order valence-electron chi connectivity index (χ3n) is 5.81. The number of fused-ring (bicyclic) bond motifs is 1. The number of H-pyrrole nitrogens is 1. The highest BCUT2D eigenvalue weighted by molar-refractivity contribution is 8.01. The minimum atomic E-state index is -0.262. The van der Waals surface area contributed by atoms with Crippen LogP contribution >= 0.6 is 23.4 Å². The van der Waals surface area contributed by atoms with Crippen LogP contribution in [-0.4, -0.2) is 50.0 Å². The molecule has 2 amide bonds. The topological polar surface area (TPSA) is 78.1 Å². The summed E-state index contributed by atoms with van der Waals surface area (Å²) in [6, 6.07) is 7.33. The van der Waals surface area contributed by atoms with Crippen molar-refractivity contribution in [3.05, 3.63) is 51.8 Å². The molecule has 0 spiro atoms. The van der Waals surface area contributed by atoms with Crippen LogP contribution in [0.1, 0.15) is 57.8 Å². The fraction of sp³-hybridized carbons (Fsp3) is 0.476. The van der Waals surface area contributed by atoms with Gasteiger partial charge in [-0.25, -0.2) is 0 Å². The molecule has 1 aliphatic heterocycles. The number of aromatic nitrogens is 2. The van der Waals surface area contributed by atoms with Gasteiger partial charge in [-0.05, 0) is 49.8 Å². The predicted octanol–water partition coefficient (Wildman–Crippen LogP) is 3.42. The molecule has 2 heterocycles. The first-order chi connectivity index (χ1) is 14.0. The Morgan fingerprint density at radius 3 is 2.76 bits per heavy atom. The van der Waals surface area contributed by atoms with Crippen LogP contribution in [0.3, 0.4) is 0 Å². The van der Waals surface area contributed by atoms with Crippen LogP contribution in [0.4, 0.5) is 0 Å². The van der Waals surface area contributed by atoms with Crippen molar-refractivity contribution in [3.8, 4) is 0 Å². The quantitative estimate of drug-likeness (QED) is 0.705. The predicted molar refractivity (Wildman–Crippen MR) is 113 cm³/mol. The second-order valence-corrected chi connectivity index (χ2v) is 10.4. The van der Waals surface area contributed by atoms with Gasteiger partial charge in [0.25, 0.3) is 11.8 Å². The van der Waals surface area contributed by atoms with Crippen LogP contribution in [0.25, 0.3) is 0 Å². The molecule has 2 aliphatic carbocycles. The van der Waals surface area contributed by atoms with Gasteiger partial charge >= 0.3 is 0 Å². The largest absolute Gasteiger partial charge is 0.347 e. The highest BCUT2D eigenvalue weighted by atomic mass is 35.5. The molecule has 6 nitrogen and oxygen atoms in total. The van der Waals surface area contributed by atoms with Gasteiger partial charge in [0.05, 0.1) is 0 Å². The van der Waals surface area contributed by atoms with E-state index in [1.54, 1.807) is 12.1 Å². The van der Waals surface area contributed by atoms with Crippen molar-refractivity contribution in [2.75, 3.05) is 13.1 Å². The molecule has 0 unspecified atom stereocenters. The molecule has 1 aromatic carbocycles. The van der Waals surface area contributed by atoms with Gasteiger partial charge in [-0.1, -0.05) is 23.7 Å². The molecular formula is C21H23ClN4O2S. The summed E-state index contributed by atoms with van der Waals surface area (Å²) in [6.45, 7) is 1.85. The fourth-order valence-corrected chi connectivity index (χ4v) is 5.61. The molecule has 29 heavy (non-hydrogen) atoms. The number of carbonyl (C=O) groups excluding carboxylic acids is 2. The number of amides is 2. The SMILES string of the molecule is O=C(NCc1ccc(Cl)cc1)c1n[nH]c2c1CCN(CC1(SC3CC3)CC1)C2=O. The number of thioether (sulfide) groups is 1. The fourth-order valence-electron chi connectivity index (χ4n) is 3.84. The molecule has 0 atom stereocenters. The molecule has 2 aromatic rings. The molecular weight excluding hydrogens is 408 g/mol. The maximum Gasteiger partial charge on any atom is 0.272 e. The Labute approximate surface area is 178 Å². The van der Waals surface area contributed by atoms with E-state index in [9.17, 15) is 9.59 Å². The van der Waals surface area contributed by atoms with Crippen LogP contribution in [0.2, 0.25) is 5.02 Å². The zero-order valence-electron chi connectivity index (χ0n) is 16.0. The molecule has 3 aliphatic rings. The average Bonchev–Trinajstić information content (AvgIpc) is 3.64. The molecule has 0 bridgehead atoms. The Balaban J connectivity index is 1.24. The Morgan fingerprint density at radius 2 is 2.07 bits per heavy atom. The van der Waals surface area contributed by atoms with E-state index in [1.807, 2.05) is 17.0 Å². The number of rotatable bonds is 7. The lowest BCUT2D eigenvalue weighted by atomic mass is 10.0. The number of nitrogens with one attached hydrogen (secondary N) is 2. The summed E-state index contributed by atoms with van der Waals surface area (Å²) >= 11 is 7.97. The third-order valence-corrected chi connectivity index (χ3v) is 7.90. The van der Waals surface area contributed by atoms with Crippen LogP contribution in [0, 0.1) is 0 Å². The number of nitrogens with zero attached hydrogens (tertiary/aromatic N) is 2. The van der Waals surface area contributed by atoms with Gasteiger partial charge in [0, 0.05) is 40.2 Å². The molecule has 0 radical (unpaired) electrons.